The van der Waals surface area contributed by atoms with E-state index in [0.29, 0.717) is 6.42 Å². The van der Waals surface area contributed by atoms with Crippen molar-refractivity contribution in [2.24, 2.45) is 0 Å². The lowest BCUT2D eigenvalue weighted by Gasteiger charge is -2.39. The lowest BCUT2D eigenvalue weighted by Crippen LogP contribution is -2.59. The normalized spacial score (nSPS) is 19.5. The number of unbranched alkanes of at least 4 members (excludes halogenated alkanes) is 35. The average molecular weight is 885 g/mol. The van der Waals surface area contributed by atoms with E-state index in [9.17, 15) is 30.0 Å². The van der Waals surface area contributed by atoms with E-state index in [-0.39, 0.29) is 32.0 Å². The van der Waals surface area contributed by atoms with Crippen molar-refractivity contribution in [1.82, 2.24) is 0 Å². The highest BCUT2D eigenvalue weighted by molar-refractivity contribution is 5.70. The molecule has 1 fully saturated rings. The molecule has 368 valence electrons. The zero-order chi connectivity index (χ0) is 45.1. The van der Waals surface area contributed by atoms with Crippen LogP contribution >= 0.6 is 0 Å². The van der Waals surface area contributed by atoms with E-state index in [4.69, 9.17) is 18.9 Å². The van der Waals surface area contributed by atoms with Crippen molar-refractivity contribution in [2.75, 3.05) is 19.8 Å². The molecule has 10 heteroatoms. The van der Waals surface area contributed by atoms with Crippen molar-refractivity contribution >= 4 is 11.9 Å². The minimum Gasteiger partial charge on any atom is -0.462 e. The highest BCUT2D eigenvalue weighted by Crippen LogP contribution is 2.23. The molecule has 6 atom stereocenters. The molecule has 0 spiro atoms. The molecular weight excluding hydrogens is 785 g/mol. The van der Waals surface area contributed by atoms with Crippen LogP contribution in [0.5, 0.6) is 0 Å². The minimum atomic E-state index is -1.59. The van der Waals surface area contributed by atoms with Crippen LogP contribution in [0.15, 0.2) is 0 Å². The molecule has 0 radical (unpaired) electrons. The standard InChI is InChI=1S/C52H100O10/c1-3-5-7-9-11-13-15-17-19-20-21-22-23-24-25-27-29-31-33-35-37-39-41-48(55)61-45(44-60-52-51(58)50(57)49(56)46(42-53)62-52)43-59-47(54)40-38-36-34-32-30-28-26-18-16-14-12-10-8-6-4-2/h45-46,49-53,56-58H,3-44H2,1-2H3. The van der Waals surface area contributed by atoms with Crippen molar-refractivity contribution < 1.29 is 49.0 Å². The fraction of sp³-hybridized carbons (Fsp3) is 0.962. The van der Waals surface area contributed by atoms with Gasteiger partial charge in [0.15, 0.2) is 12.4 Å². The summed E-state index contributed by atoms with van der Waals surface area (Å²) in [6.45, 7) is 3.48. The summed E-state index contributed by atoms with van der Waals surface area (Å²) >= 11 is 0. The number of carbonyl (C=O) groups is 2. The van der Waals surface area contributed by atoms with Crippen LogP contribution < -0.4 is 0 Å². The molecule has 6 unspecified atom stereocenters. The van der Waals surface area contributed by atoms with Crippen LogP contribution in [0.3, 0.4) is 0 Å². The molecule has 0 aliphatic carbocycles. The van der Waals surface area contributed by atoms with Gasteiger partial charge in [-0.05, 0) is 12.8 Å². The Labute approximate surface area is 380 Å². The van der Waals surface area contributed by atoms with Gasteiger partial charge in [0.2, 0.25) is 0 Å². The second kappa shape index (κ2) is 43.6. The van der Waals surface area contributed by atoms with Crippen LogP contribution in [0.4, 0.5) is 0 Å². The van der Waals surface area contributed by atoms with Gasteiger partial charge < -0.3 is 39.4 Å². The Hall–Kier alpha value is -1.30. The van der Waals surface area contributed by atoms with E-state index in [1.54, 1.807) is 0 Å². The van der Waals surface area contributed by atoms with Crippen LogP contribution in [0, 0.1) is 0 Å². The number of hydrogen-bond donors (Lipinski definition) is 4. The first-order valence-corrected chi connectivity index (χ1v) is 26.6. The Morgan fingerprint density at radius 2 is 0.758 bits per heavy atom. The lowest BCUT2D eigenvalue weighted by molar-refractivity contribution is -0.305. The van der Waals surface area contributed by atoms with Crippen LogP contribution in [0.25, 0.3) is 0 Å². The summed E-state index contributed by atoms with van der Waals surface area (Å²) in [7, 11) is 0. The Bertz CT molecular complexity index is 979. The first-order chi connectivity index (χ1) is 30.3. The second-order valence-electron chi connectivity index (χ2n) is 18.7. The van der Waals surface area contributed by atoms with E-state index >= 15 is 0 Å². The third-order valence-electron chi connectivity index (χ3n) is 12.7. The largest absolute Gasteiger partial charge is 0.462 e. The third-order valence-corrected chi connectivity index (χ3v) is 12.7. The van der Waals surface area contributed by atoms with Crippen LogP contribution in [0.2, 0.25) is 0 Å². The Kier molecular flexibility index (Phi) is 41.3. The Balaban J connectivity index is 2.21. The van der Waals surface area contributed by atoms with Crippen molar-refractivity contribution in [3.05, 3.63) is 0 Å². The summed E-state index contributed by atoms with van der Waals surface area (Å²) in [5.74, 6) is -0.785. The van der Waals surface area contributed by atoms with Crippen LogP contribution in [0.1, 0.15) is 264 Å². The lowest BCUT2D eigenvalue weighted by atomic mass is 9.99. The van der Waals surface area contributed by atoms with Gasteiger partial charge in [-0.25, -0.2) is 0 Å². The van der Waals surface area contributed by atoms with Gasteiger partial charge in [0.1, 0.15) is 31.0 Å². The molecule has 0 aromatic carbocycles. The number of aliphatic hydroxyl groups is 4. The third kappa shape index (κ3) is 34.1. The predicted octanol–water partition coefficient (Wildman–Crippen LogP) is 12.5. The number of esters is 2. The summed E-state index contributed by atoms with van der Waals surface area (Å²) in [6, 6.07) is 0. The zero-order valence-corrected chi connectivity index (χ0v) is 40.4. The van der Waals surface area contributed by atoms with E-state index in [1.165, 1.54) is 199 Å². The van der Waals surface area contributed by atoms with E-state index in [0.717, 1.165) is 32.1 Å². The number of aliphatic hydroxyl groups excluding tert-OH is 4. The van der Waals surface area contributed by atoms with Gasteiger partial charge in [0.25, 0.3) is 0 Å². The van der Waals surface area contributed by atoms with Gasteiger partial charge in [-0.1, -0.05) is 239 Å². The van der Waals surface area contributed by atoms with E-state index < -0.39 is 49.4 Å². The van der Waals surface area contributed by atoms with E-state index in [1.807, 2.05) is 0 Å². The van der Waals surface area contributed by atoms with Crippen molar-refractivity contribution in [3.63, 3.8) is 0 Å². The summed E-state index contributed by atoms with van der Waals surface area (Å²) in [6.07, 6.45) is 39.7. The molecule has 4 N–H and O–H groups in total. The zero-order valence-electron chi connectivity index (χ0n) is 40.4. The molecule has 0 bridgehead atoms. The molecule has 1 heterocycles. The molecule has 1 rings (SSSR count). The smallest absolute Gasteiger partial charge is 0.306 e. The summed E-state index contributed by atoms with van der Waals surface area (Å²) < 4.78 is 22.3. The van der Waals surface area contributed by atoms with Gasteiger partial charge in [-0.3, -0.25) is 9.59 Å². The predicted molar refractivity (Wildman–Crippen MR) is 252 cm³/mol. The van der Waals surface area contributed by atoms with Gasteiger partial charge in [0, 0.05) is 12.8 Å². The number of ether oxygens (including phenoxy) is 4. The molecule has 1 aliphatic rings. The number of carbonyl (C=O) groups excluding carboxylic acids is 2. The molecule has 0 aromatic rings. The average Bonchev–Trinajstić information content (AvgIpc) is 3.27. The van der Waals surface area contributed by atoms with Crippen molar-refractivity contribution in [3.8, 4) is 0 Å². The summed E-state index contributed by atoms with van der Waals surface area (Å²) in [4.78, 5) is 25.4. The fourth-order valence-electron chi connectivity index (χ4n) is 8.55. The minimum absolute atomic E-state index is 0.208. The first kappa shape index (κ1) is 58.7. The second-order valence-corrected chi connectivity index (χ2v) is 18.7. The molecule has 1 saturated heterocycles. The number of rotatable bonds is 46. The Morgan fingerprint density at radius 1 is 0.435 bits per heavy atom. The fourth-order valence-corrected chi connectivity index (χ4v) is 8.55. The first-order valence-electron chi connectivity index (χ1n) is 26.6. The van der Waals surface area contributed by atoms with Crippen molar-refractivity contribution in [2.45, 2.75) is 301 Å². The van der Waals surface area contributed by atoms with Gasteiger partial charge in [0.05, 0.1) is 13.2 Å². The maximum atomic E-state index is 12.8. The van der Waals surface area contributed by atoms with Crippen molar-refractivity contribution in [1.29, 1.82) is 0 Å². The number of hydrogen-bond acceptors (Lipinski definition) is 10. The van der Waals surface area contributed by atoms with Gasteiger partial charge >= 0.3 is 11.9 Å². The molecular formula is C52H100O10. The maximum Gasteiger partial charge on any atom is 0.306 e. The summed E-state index contributed by atoms with van der Waals surface area (Å²) in [5, 5.41) is 40.2. The van der Waals surface area contributed by atoms with Gasteiger partial charge in [-0.15, -0.1) is 0 Å². The molecule has 62 heavy (non-hydrogen) atoms. The van der Waals surface area contributed by atoms with Crippen LogP contribution in [-0.2, 0) is 28.5 Å². The molecule has 10 nitrogen and oxygen atoms in total. The molecule has 1 aliphatic heterocycles. The van der Waals surface area contributed by atoms with Gasteiger partial charge in [-0.2, -0.15) is 0 Å². The highest BCUT2D eigenvalue weighted by atomic mass is 16.7. The molecule has 0 saturated carbocycles. The maximum absolute atomic E-state index is 12.8. The highest BCUT2D eigenvalue weighted by Gasteiger charge is 2.44. The Morgan fingerprint density at radius 3 is 1.10 bits per heavy atom. The summed E-state index contributed by atoms with van der Waals surface area (Å²) in [5.41, 5.74) is 0. The SMILES string of the molecule is CCCCCCCCCCCCCCCCCCCCCCCCC(=O)OC(COC(=O)CCCCCCCCCCCCCCCCC)COC1OC(CO)C(O)C(O)C1O. The monoisotopic (exact) mass is 885 g/mol. The molecule has 0 amide bonds. The molecule has 0 aromatic heterocycles. The quantitative estimate of drug-likeness (QED) is 0.0343. The van der Waals surface area contributed by atoms with E-state index in [2.05, 4.69) is 13.8 Å². The topological polar surface area (TPSA) is 152 Å². The van der Waals surface area contributed by atoms with Crippen LogP contribution in [-0.4, -0.2) is 89.0 Å².